The van der Waals surface area contributed by atoms with E-state index in [-0.39, 0.29) is 10.7 Å². The molecule has 0 spiro atoms. The van der Waals surface area contributed by atoms with E-state index in [1.165, 1.54) is 11.3 Å². The molecule has 0 bridgehead atoms. The predicted molar refractivity (Wildman–Crippen MR) is 67.9 cm³/mol. The average molecular weight is 253 g/mol. The molecule has 0 aromatic carbocycles. The number of nitrogens with zero attached hydrogens (tertiary/aromatic N) is 2. The number of aromatic nitrogens is 2. The lowest BCUT2D eigenvalue weighted by atomic mass is 9.97. The van der Waals surface area contributed by atoms with Crippen molar-refractivity contribution in [3.05, 3.63) is 20.8 Å². The van der Waals surface area contributed by atoms with E-state index in [1.807, 2.05) is 0 Å². The first kappa shape index (κ1) is 10.2. The Morgan fingerprint density at radius 1 is 1.38 bits per heavy atom. The molecule has 0 radical (unpaired) electrons. The van der Waals surface area contributed by atoms with E-state index < -0.39 is 0 Å². The summed E-state index contributed by atoms with van der Waals surface area (Å²) in [5, 5.41) is 0.982. The molecular weight excluding hydrogens is 242 g/mol. The first-order chi connectivity index (χ1) is 7.68. The van der Waals surface area contributed by atoms with Gasteiger partial charge >= 0.3 is 0 Å². The first-order valence-electron chi connectivity index (χ1n) is 5.20. The van der Waals surface area contributed by atoms with Crippen LogP contribution in [0.5, 0.6) is 0 Å². The van der Waals surface area contributed by atoms with Crippen molar-refractivity contribution in [2.75, 3.05) is 5.84 Å². The second-order valence-electron chi connectivity index (χ2n) is 3.98. The highest BCUT2D eigenvalue weighted by atomic mass is 32.1. The zero-order valence-electron chi connectivity index (χ0n) is 8.56. The lowest BCUT2D eigenvalue weighted by molar-refractivity contribution is 0.698. The fourth-order valence-electron chi connectivity index (χ4n) is 2.21. The van der Waals surface area contributed by atoms with Gasteiger partial charge in [-0.1, -0.05) is 0 Å². The molecule has 0 saturated heterocycles. The van der Waals surface area contributed by atoms with Gasteiger partial charge in [0.25, 0.3) is 5.56 Å². The van der Waals surface area contributed by atoms with Crippen LogP contribution in [-0.4, -0.2) is 9.66 Å². The van der Waals surface area contributed by atoms with Crippen molar-refractivity contribution in [1.82, 2.24) is 9.66 Å². The summed E-state index contributed by atoms with van der Waals surface area (Å²) >= 11 is 5.70. The Morgan fingerprint density at radius 2 is 2.12 bits per heavy atom. The lowest BCUT2D eigenvalue weighted by Gasteiger charge is -2.09. The summed E-state index contributed by atoms with van der Waals surface area (Å²) in [6.07, 6.45) is 4.37. The summed E-state index contributed by atoms with van der Waals surface area (Å²) in [7, 11) is 0. The number of rotatable bonds is 0. The molecule has 2 aromatic rings. The third-order valence-corrected chi connectivity index (χ3v) is 4.50. The van der Waals surface area contributed by atoms with E-state index >= 15 is 0 Å². The number of nitrogens with two attached hydrogens (primary N) is 1. The molecule has 0 atom stereocenters. The third kappa shape index (κ3) is 1.29. The van der Waals surface area contributed by atoms with Gasteiger partial charge in [0.15, 0.2) is 5.16 Å². The van der Waals surface area contributed by atoms with Gasteiger partial charge < -0.3 is 5.84 Å². The first-order valence-corrected chi connectivity index (χ1v) is 6.46. The molecule has 1 aliphatic rings. The maximum absolute atomic E-state index is 12.0. The predicted octanol–water partition coefficient (Wildman–Crippen LogP) is 1.34. The number of thiol groups is 1. The summed E-state index contributed by atoms with van der Waals surface area (Å²) in [6, 6.07) is 0. The van der Waals surface area contributed by atoms with Crippen molar-refractivity contribution in [2.45, 2.75) is 30.8 Å². The number of hydrogen-bond acceptors (Lipinski definition) is 5. The molecule has 0 saturated carbocycles. The molecule has 84 valence electrons. The Kier molecular flexibility index (Phi) is 2.22. The van der Waals surface area contributed by atoms with Crippen LogP contribution in [0.4, 0.5) is 0 Å². The van der Waals surface area contributed by atoms with Crippen LogP contribution in [0.15, 0.2) is 9.95 Å². The van der Waals surface area contributed by atoms with Crippen LogP contribution in [-0.2, 0) is 12.8 Å². The van der Waals surface area contributed by atoms with Crippen LogP contribution >= 0.6 is 24.0 Å². The Bertz CT molecular complexity index is 629. The van der Waals surface area contributed by atoms with Crippen LogP contribution in [0.1, 0.15) is 23.3 Å². The highest BCUT2D eigenvalue weighted by molar-refractivity contribution is 7.80. The fraction of sp³-hybridized carbons (Fsp3) is 0.400. The third-order valence-electron chi connectivity index (χ3n) is 3.00. The fourth-order valence-corrected chi connectivity index (χ4v) is 3.72. The molecule has 0 amide bonds. The smallest absolute Gasteiger partial charge is 0.281 e. The van der Waals surface area contributed by atoms with E-state index in [0.29, 0.717) is 5.39 Å². The van der Waals surface area contributed by atoms with E-state index in [9.17, 15) is 4.79 Å². The summed E-state index contributed by atoms with van der Waals surface area (Å²) in [5.41, 5.74) is 0.991. The minimum atomic E-state index is -0.172. The van der Waals surface area contributed by atoms with Gasteiger partial charge in [0.1, 0.15) is 4.83 Å². The van der Waals surface area contributed by atoms with Crippen molar-refractivity contribution >= 4 is 34.2 Å². The van der Waals surface area contributed by atoms with Crippen molar-refractivity contribution in [1.29, 1.82) is 0 Å². The topological polar surface area (TPSA) is 60.9 Å². The van der Waals surface area contributed by atoms with Crippen LogP contribution < -0.4 is 11.4 Å². The van der Waals surface area contributed by atoms with E-state index in [2.05, 4.69) is 17.6 Å². The maximum atomic E-state index is 12.0. The number of fused-ring (bicyclic) bond motifs is 3. The molecular formula is C10H11N3OS2. The normalized spacial score (nSPS) is 15.3. The van der Waals surface area contributed by atoms with Crippen LogP contribution in [0.3, 0.4) is 0 Å². The molecule has 4 nitrogen and oxygen atoms in total. The molecule has 2 aromatic heterocycles. The molecule has 2 heterocycles. The molecule has 1 aliphatic carbocycles. The highest BCUT2D eigenvalue weighted by Crippen LogP contribution is 2.33. The summed E-state index contributed by atoms with van der Waals surface area (Å²) in [6.45, 7) is 0. The van der Waals surface area contributed by atoms with Crippen LogP contribution in [0.2, 0.25) is 0 Å². The summed E-state index contributed by atoms with van der Waals surface area (Å²) < 4.78 is 1.02. The second kappa shape index (κ2) is 3.49. The average Bonchev–Trinajstić information content (AvgIpc) is 2.64. The lowest BCUT2D eigenvalue weighted by Crippen LogP contribution is -2.29. The van der Waals surface area contributed by atoms with Gasteiger partial charge in [-0.2, -0.15) is 0 Å². The SMILES string of the molecule is Nn1c(S)nc2sc3c(c2c1=O)CCCC3. The largest absolute Gasteiger partial charge is 0.334 e. The minimum Gasteiger partial charge on any atom is -0.334 e. The summed E-state index contributed by atoms with van der Waals surface area (Å²) in [5.74, 6) is 5.61. The number of thiophene rings is 1. The van der Waals surface area contributed by atoms with Gasteiger partial charge in [-0.25, -0.2) is 9.66 Å². The van der Waals surface area contributed by atoms with Crippen LogP contribution in [0, 0.1) is 0 Å². The van der Waals surface area contributed by atoms with Crippen LogP contribution in [0.25, 0.3) is 10.2 Å². The van der Waals surface area contributed by atoms with E-state index in [0.717, 1.165) is 34.3 Å². The Balaban J connectivity index is 2.45. The van der Waals surface area contributed by atoms with Gasteiger partial charge in [0, 0.05) is 4.88 Å². The quantitative estimate of drug-likeness (QED) is 0.423. The van der Waals surface area contributed by atoms with Crippen molar-refractivity contribution < 1.29 is 0 Å². The molecule has 0 aliphatic heterocycles. The van der Waals surface area contributed by atoms with Gasteiger partial charge in [0.2, 0.25) is 0 Å². The van der Waals surface area contributed by atoms with Gasteiger partial charge in [-0.3, -0.25) is 4.79 Å². The minimum absolute atomic E-state index is 0.172. The maximum Gasteiger partial charge on any atom is 0.281 e. The second-order valence-corrected chi connectivity index (χ2v) is 5.46. The zero-order chi connectivity index (χ0) is 11.3. The molecule has 3 rings (SSSR count). The highest BCUT2D eigenvalue weighted by Gasteiger charge is 2.20. The molecule has 0 unspecified atom stereocenters. The monoisotopic (exact) mass is 253 g/mol. The van der Waals surface area contributed by atoms with Gasteiger partial charge in [0.05, 0.1) is 5.39 Å². The molecule has 6 heteroatoms. The zero-order valence-corrected chi connectivity index (χ0v) is 10.3. The Morgan fingerprint density at radius 3 is 2.94 bits per heavy atom. The van der Waals surface area contributed by atoms with Gasteiger partial charge in [-0.15, -0.1) is 24.0 Å². The Labute approximate surface area is 101 Å². The number of aryl methyl sites for hydroxylation is 2. The Hall–Kier alpha value is -1.01. The van der Waals surface area contributed by atoms with Crippen molar-refractivity contribution in [3.8, 4) is 0 Å². The summed E-state index contributed by atoms with van der Waals surface area (Å²) in [4.78, 5) is 18.4. The molecule has 2 N–H and O–H groups in total. The van der Waals surface area contributed by atoms with Crippen molar-refractivity contribution in [3.63, 3.8) is 0 Å². The van der Waals surface area contributed by atoms with E-state index in [1.54, 1.807) is 11.3 Å². The standard InChI is InChI=1S/C10H11N3OS2/c11-13-9(14)7-5-3-1-2-4-6(5)16-8(7)12-10(13)15/h1-4,11H2,(H,12,15). The van der Waals surface area contributed by atoms with E-state index in [4.69, 9.17) is 5.84 Å². The molecule has 0 fully saturated rings. The number of hydrogen-bond donors (Lipinski definition) is 2. The number of nitrogen functional groups attached to an aromatic ring is 1. The van der Waals surface area contributed by atoms with Gasteiger partial charge in [-0.05, 0) is 31.2 Å². The van der Waals surface area contributed by atoms with Crippen molar-refractivity contribution in [2.24, 2.45) is 0 Å². The molecule has 16 heavy (non-hydrogen) atoms.